The van der Waals surface area contributed by atoms with Gasteiger partial charge >= 0.3 is 5.97 Å². The SMILES string of the molecule is CNC(CCO)CSCC(=O)OC. The average molecular weight is 207 g/mol. The molecule has 0 aliphatic heterocycles. The first-order valence-corrected chi connectivity index (χ1v) is 5.32. The van der Waals surface area contributed by atoms with Crippen LogP contribution in [0.1, 0.15) is 6.42 Å². The first-order valence-electron chi connectivity index (χ1n) is 4.17. The first kappa shape index (κ1) is 12.7. The van der Waals surface area contributed by atoms with Gasteiger partial charge in [-0.25, -0.2) is 0 Å². The Morgan fingerprint density at radius 1 is 1.69 bits per heavy atom. The second-order valence-corrected chi connectivity index (χ2v) is 3.62. The highest BCUT2D eigenvalue weighted by molar-refractivity contribution is 7.99. The largest absolute Gasteiger partial charge is 0.468 e. The maximum atomic E-state index is 10.7. The van der Waals surface area contributed by atoms with E-state index in [1.165, 1.54) is 18.9 Å². The van der Waals surface area contributed by atoms with Crippen LogP contribution in [0.4, 0.5) is 0 Å². The summed E-state index contributed by atoms with van der Waals surface area (Å²) >= 11 is 1.51. The predicted molar refractivity (Wildman–Crippen MR) is 53.9 cm³/mol. The van der Waals surface area contributed by atoms with Gasteiger partial charge in [0.15, 0.2) is 0 Å². The van der Waals surface area contributed by atoms with Crippen molar-refractivity contribution in [3.63, 3.8) is 0 Å². The van der Waals surface area contributed by atoms with Crippen LogP contribution in [0.15, 0.2) is 0 Å². The van der Waals surface area contributed by atoms with Crippen LogP contribution in [-0.4, -0.2) is 49.4 Å². The standard InChI is InChI=1S/C8H17NO3S/c1-9-7(3-4-10)5-13-6-8(11)12-2/h7,9-10H,3-6H2,1-2H3. The molecular formula is C8H17NO3S. The summed E-state index contributed by atoms with van der Waals surface area (Å²) in [7, 11) is 3.23. The second kappa shape index (κ2) is 8.34. The van der Waals surface area contributed by atoms with Crippen LogP contribution in [0.25, 0.3) is 0 Å². The molecule has 0 radical (unpaired) electrons. The molecule has 0 heterocycles. The summed E-state index contributed by atoms with van der Waals surface area (Å²) in [5.41, 5.74) is 0. The highest BCUT2D eigenvalue weighted by atomic mass is 32.2. The number of ether oxygens (including phenoxy) is 1. The molecule has 0 saturated carbocycles. The van der Waals surface area contributed by atoms with Crippen molar-refractivity contribution in [1.82, 2.24) is 5.32 Å². The molecule has 1 atom stereocenters. The molecule has 4 nitrogen and oxygen atoms in total. The zero-order chi connectivity index (χ0) is 10.1. The fourth-order valence-corrected chi connectivity index (χ4v) is 1.83. The summed E-state index contributed by atoms with van der Waals surface area (Å²) in [5, 5.41) is 11.7. The van der Waals surface area contributed by atoms with Gasteiger partial charge in [0.1, 0.15) is 0 Å². The lowest BCUT2D eigenvalue weighted by Crippen LogP contribution is -2.29. The zero-order valence-corrected chi connectivity index (χ0v) is 8.89. The van der Waals surface area contributed by atoms with E-state index in [1.54, 1.807) is 0 Å². The van der Waals surface area contributed by atoms with Crippen molar-refractivity contribution < 1.29 is 14.6 Å². The molecule has 5 heteroatoms. The molecule has 0 aliphatic carbocycles. The van der Waals surface area contributed by atoms with Crippen molar-refractivity contribution in [3.05, 3.63) is 0 Å². The number of aliphatic hydroxyl groups is 1. The van der Waals surface area contributed by atoms with Gasteiger partial charge in [-0.05, 0) is 13.5 Å². The molecule has 1 unspecified atom stereocenters. The Labute approximate surface area is 83.0 Å². The fraction of sp³-hybridized carbons (Fsp3) is 0.875. The van der Waals surface area contributed by atoms with Crippen molar-refractivity contribution in [3.8, 4) is 0 Å². The van der Waals surface area contributed by atoms with Crippen LogP contribution in [0.3, 0.4) is 0 Å². The van der Waals surface area contributed by atoms with Crippen LogP contribution < -0.4 is 5.32 Å². The van der Waals surface area contributed by atoms with Gasteiger partial charge in [-0.15, -0.1) is 11.8 Å². The molecular weight excluding hydrogens is 190 g/mol. The van der Waals surface area contributed by atoms with Gasteiger partial charge in [-0.1, -0.05) is 0 Å². The Hall–Kier alpha value is -0.260. The summed E-state index contributed by atoms with van der Waals surface area (Å²) in [6.45, 7) is 0.171. The molecule has 0 aliphatic rings. The Bertz CT molecular complexity index is 143. The van der Waals surface area contributed by atoms with Gasteiger partial charge in [0.2, 0.25) is 0 Å². The molecule has 0 fully saturated rings. The number of esters is 1. The van der Waals surface area contributed by atoms with E-state index in [1.807, 2.05) is 7.05 Å². The van der Waals surface area contributed by atoms with Gasteiger partial charge in [-0.2, -0.15) is 0 Å². The van der Waals surface area contributed by atoms with E-state index < -0.39 is 0 Å². The van der Waals surface area contributed by atoms with Crippen molar-refractivity contribution in [1.29, 1.82) is 0 Å². The summed E-state index contributed by atoms with van der Waals surface area (Å²) in [5.74, 6) is 0.982. The van der Waals surface area contributed by atoms with Gasteiger partial charge < -0.3 is 15.2 Å². The van der Waals surface area contributed by atoms with E-state index >= 15 is 0 Å². The highest BCUT2D eigenvalue weighted by Crippen LogP contribution is 2.05. The van der Waals surface area contributed by atoms with E-state index in [0.29, 0.717) is 12.2 Å². The monoisotopic (exact) mass is 207 g/mol. The molecule has 13 heavy (non-hydrogen) atoms. The lowest BCUT2D eigenvalue weighted by molar-refractivity contribution is -0.137. The predicted octanol–water partition coefficient (Wildman–Crippen LogP) is -0.137. The zero-order valence-electron chi connectivity index (χ0n) is 8.08. The highest BCUT2D eigenvalue weighted by Gasteiger charge is 2.07. The number of carbonyl (C=O) groups is 1. The van der Waals surface area contributed by atoms with Crippen LogP contribution in [0.2, 0.25) is 0 Å². The number of thioether (sulfide) groups is 1. The minimum Gasteiger partial charge on any atom is -0.468 e. The Kier molecular flexibility index (Phi) is 8.18. The smallest absolute Gasteiger partial charge is 0.315 e. The van der Waals surface area contributed by atoms with Gasteiger partial charge in [-0.3, -0.25) is 4.79 Å². The fourth-order valence-electron chi connectivity index (χ4n) is 0.810. The van der Waals surface area contributed by atoms with E-state index in [2.05, 4.69) is 10.1 Å². The van der Waals surface area contributed by atoms with E-state index in [4.69, 9.17) is 5.11 Å². The molecule has 0 saturated heterocycles. The topological polar surface area (TPSA) is 58.6 Å². The van der Waals surface area contributed by atoms with Crippen molar-refractivity contribution in [2.45, 2.75) is 12.5 Å². The number of carbonyl (C=O) groups excluding carboxylic acids is 1. The molecule has 0 aromatic rings. The van der Waals surface area contributed by atoms with Crippen molar-refractivity contribution >= 4 is 17.7 Å². The average Bonchev–Trinajstić information content (AvgIpc) is 2.16. The lowest BCUT2D eigenvalue weighted by Gasteiger charge is -2.13. The molecule has 78 valence electrons. The Morgan fingerprint density at radius 2 is 2.38 bits per heavy atom. The third kappa shape index (κ3) is 6.86. The lowest BCUT2D eigenvalue weighted by atomic mass is 10.2. The Morgan fingerprint density at radius 3 is 2.85 bits per heavy atom. The number of rotatable bonds is 7. The number of nitrogens with one attached hydrogen (secondary N) is 1. The maximum absolute atomic E-state index is 10.7. The molecule has 0 bridgehead atoms. The summed E-state index contributed by atoms with van der Waals surface area (Å²) in [6, 6.07) is 0.264. The minimum atomic E-state index is -0.205. The van der Waals surface area contributed by atoms with Crippen LogP contribution >= 0.6 is 11.8 Å². The third-order valence-electron chi connectivity index (χ3n) is 1.65. The first-order chi connectivity index (χ1) is 6.24. The summed E-state index contributed by atoms with van der Waals surface area (Å²) < 4.78 is 4.50. The van der Waals surface area contributed by atoms with E-state index in [0.717, 1.165) is 5.75 Å². The second-order valence-electron chi connectivity index (χ2n) is 2.59. The molecule has 0 amide bonds. The number of methoxy groups -OCH3 is 1. The number of hydrogen-bond donors (Lipinski definition) is 2. The van der Waals surface area contributed by atoms with Gasteiger partial charge in [0.05, 0.1) is 12.9 Å². The minimum absolute atomic E-state index is 0.171. The molecule has 0 rings (SSSR count). The quantitative estimate of drug-likeness (QED) is 0.569. The number of hydrogen-bond acceptors (Lipinski definition) is 5. The van der Waals surface area contributed by atoms with Crippen LogP contribution in [0.5, 0.6) is 0 Å². The number of aliphatic hydroxyl groups excluding tert-OH is 1. The summed E-state index contributed by atoms with van der Waals surface area (Å²) in [6.07, 6.45) is 0.713. The molecule has 2 N–H and O–H groups in total. The van der Waals surface area contributed by atoms with Crippen molar-refractivity contribution in [2.75, 3.05) is 32.3 Å². The van der Waals surface area contributed by atoms with Crippen LogP contribution in [-0.2, 0) is 9.53 Å². The summed E-state index contributed by atoms with van der Waals surface area (Å²) in [4.78, 5) is 10.7. The Balaban J connectivity index is 3.42. The van der Waals surface area contributed by atoms with Gasteiger partial charge in [0.25, 0.3) is 0 Å². The molecule has 0 aromatic carbocycles. The third-order valence-corrected chi connectivity index (χ3v) is 2.73. The van der Waals surface area contributed by atoms with E-state index in [9.17, 15) is 4.79 Å². The normalized spacial score (nSPS) is 12.5. The molecule has 0 aromatic heterocycles. The molecule has 0 spiro atoms. The van der Waals surface area contributed by atoms with Crippen molar-refractivity contribution in [2.24, 2.45) is 0 Å². The van der Waals surface area contributed by atoms with Crippen LogP contribution in [0, 0.1) is 0 Å². The van der Waals surface area contributed by atoms with Gasteiger partial charge in [0, 0.05) is 18.4 Å². The van der Waals surface area contributed by atoms with E-state index in [-0.39, 0.29) is 18.6 Å². The maximum Gasteiger partial charge on any atom is 0.315 e.